The maximum absolute atomic E-state index is 12.2. The van der Waals surface area contributed by atoms with Crippen LogP contribution < -0.4 is 15.4 Å². The second-order valence-electron chi connectivity index (χ2n) is 5.53. The molecule has 6 nitrogen and oxygen atoms in total. The molecule has 0 fully saturated rings. The van der Waals surface area contributed by atoms with Gasteiger partial charge >= 0.3 is 12.0 Å². The van der Waals surface area contributed by atoms with Gasteiger partial charge in [0.15, 0.2) is 0 Å². The minimum atomic E-state index is -0.545. The second-order valence-corrected chi connectivity index (χ2v) is 5.53. The molecule has 1 aliphatic rings. The van der Waals surface area contributed by atoms with Crippen molar-refractivity contribution in [3.63, 3.8) is 0 Å². The van der Waals surface area contributed by atoms with Gasteiger partial charge in [0.05, 0.1) is 24.3 Å². The fourth-order valence-electron chi connectivity index (χ4n) is 2.43. The van der Waals surface area contributed by atoms with E-state index in [1.165, 1.54) is 0 Å². The summed E-state index contributed by atoms with van der Waals surface area (Å²) in [6.07, 6.45) is 0.0802. The van der Waals surface area contributed by atoms with Gasteiger partial charge in [-0.2, -0.15) is 0 Å². The maximum atomic E-state index is 12.2. The molecule has 1 aromatic rings. The summed E-state index contributed by atoms with van der Waals surface area (Å²) >= 11 is 0. The Kier molecular flexibility index (Phi) is 5.26. The summed E-state index contributed by atoms with van der Waals surface area (Å²) in [5.41, 5.74) is 1.70. The number of allylic oxidation sites excluding steroid dienone is 1. The van der Waals surface area contributed by atoms with Crippen LogP contribution >= 0.6 is 0 Å². The van der Waals surface area contributed by atoms with Gasteiger partial charge in [-0.15, -0.1) is 0 Å². The Morgan fingerprint density at radius 1 is 1.26 bits per heavy atom. The van der Waals surface area contributed by atoms with Crippen molar-refractivity contribution in [3.8, 4) is 5.75 Å². The lowest BCUT2D eigenvalue weighted by atomic mass is 9.95. The molecule has 23 heavy (non-hydrogen) atoms. The SMILES string of the molecule is CCOC(=O)C1=C(C)NC(=O)N[C@H]1c1ccc(OC(C)C)cc1. The summed E-state index contributed by atoms with van der Waals surface area (Å²) in [5.74, 6) is 0.299. The van der Waals surface area contributed by atoms with Gasteiger partial charge in [0, 0.05) is 5.70 Å². The molecular formula is C17H22N2O4. The Hall–Kier alpha value is -2.50. The largest absolute Gasteiger partial charge is 0.491 e. The summed E-state index contributed by atoms with van der Waals surface area (Å²) in [6.45, 7) is 7.61. The van der Waals surface area contributed by atoms with Crippen molar-refractivity contribution >= 4 is 12.0 Å². The summed E-state index contributed by atoms with van der Waals surface area (Å²) in [7, 11) is 0. The molecule has 124 valence electrons. The molecule has 0 saturated heterocycles. The van der Waals surface area contributed by atoms with Crippen molar-refractivity contribution < 1.29 is 19.1 Å². The quantitative estimate of drug-likeness (QED) is 0.818. The zero-order chi connectivity index (χ0) is 17.0. The number of hydrogen-bond donors (Lipinski definition) is 2. The Labute approximate surface area is 135 Å². The second kappa shape index (κ2) is 7.17. The summed E-state index contributed by atoms with van der Waals surface area (Å²) in [5, 5.41) is 5.37. The molecule has 1 atom stereocenters. The van der Waals surface area contributed by atoms with E-state index in [9.17, 15) is 9.59 Å². The molecule has 2 N–H and O–H groups in total. The highest BCUT2D eigenvalue weighted by molar-refractivity contribution is 5.95. The minimum Gasteiger partial charge on any atom is -0.491 e. The van der Waals surface area contributed by atoms with Crippen LogP contribution in [0.1, 0.15) is 39.3 Å². The number of rotatable bonds is 5. The van der Waals surface area contributed by atoms with Gasteiger partial charge in [0.1, 0.15) is 5.75 Å². The molecule has 0 aromatic heterocycles. The highest BCUT2D eigenvalue weighted by Crippen LogP contribution is 2.29. The fourth-order valence-corrected chi connectivity index (χ4v) is 2.43. The normalized spacial score (nSPS) is 17.6. The summed E-state index contributed by atoms with van der Waals surface area (Å²) < 4.78 is 10.7. The first-order chi connectivity index (χ1) is 10.9. The van der Waals surface area contributed by atoms with E-state index >= 15 is 0 Å². The van der Waals surface area contributed by atoms with Crippen molar-refractivity contribution in [2.75, 3.05) is 6.61 Å². The average Bonchev–Trinajstić information content (AvgIpc) is 2.46. The van der Waals surface area contributed by atoms with Crippen LogP contribution in [0.3, 0.4) is 0 Å². The maximum Gasteiger partial charge on any atom is 0.338 e. The molecule has 1 aliphatic heterocycles. The number of esters is 1. The standard InChI is InChI=1S/C17H22N2O4/c1-5-22-16(20)14-11(4)18-17(21)19-15(14)12-6-8-13(9-7-12)23-10(2)3/h6-10,15H,5H2,1-4H3,(H2,18,19,21)/t15-/m0/s1. The molecule has 2 amide bonds. The van der Waals surface area contributed by atoms with Gasteiger partial charge in [-0.05, 0) is 45.4 Å². The monoisotopic (exact) mass is 318 g/mol. The Morgan fingerprint density at radius 2 is 1.91 bits per heavy atom. The number of carbonyl (C=O) groups excluding carboxylic acids is 2. The van der Waals surface area contributed by atoms with Crippen molar-refractivity contribution in [1.29, 1.82) is 0 Å². The molecule has 0 radical (unpaired) electrons. The molecular weight excluding hydrogens is 296 g/mol. The Balaban J connectivity index is 2.32. The van der Waals surface area contributed by atoms with Crippen LogP contribution in [0.15, 0.2) is 35.5 Å². The van der Waals surface area contributed by atoms with E-state index in [2.05, 4.69) is 10.6 Å². The predicted molar refractivity (Wildman–Crippen MR) is 85.9 cm³/mol. The lowest BCUT2D eigenvalue weighted by molar-refractivity contribution is -0.139. The molecule has 1 aromatic carbocycles. The number of hydrogen-bond acceptors (Lipinski definition) is 4. The highest BCUT2D eigenvalue weighted by atomic mass is 16.5. The van der Waals surface area contributed by atoms with Crippen molar-refractivity contribution in [2.45, 2.75) is 39.8 Å². The van der Waals surface area contributed by atoms with Gasteiger partial charge in [0.25, 0.3) is 0 Å². The van der Waals surface area contributed by atoms with Crippen molar-refractivity contribution in [3.05, 3.63) is 41.1 Å². The van der Waals surface area contributed by atoms with Crippen LogP contribution in [0.4, 0.5) is 4.79 Å². The van der Waals surface area contributed by atoms with Crippen LogP contribution in [0, 0.1) is 0 Å². The first kappa shape index (κ1) is 16.9. The van der Waals surface area contributed by atoms with Crippen LogP contribution in [-0.4, -0.2) is 24.7 Å². The van der Waals surface area contributed by atoms with E-state index in [0.29, 0.717) is 11.3 Å². The first-order valence-electron chi connectivity index (χ1n) is 7.64. The summed E-state index contributed by atoms with van der Waals surface area (Å²) in [4.78, 5) is 24.0. The topological polar surface area (TPSA) is 76.7 Å². The molecule has 0 bridgehead atoms. The van der Waals surface area contributed by atoms with E-state index in [-0.39, 0.29) is 18.7 Å². The molecule has 2 rings (SSSR count). The molecule has 0 saturated carbocycles. The third kappa shape index (κ3) is 4.03. The van der Waals surface area contributed by atoms with Crippen molar-refractivity contribution in [1.82, 2.24) is 10.6 Å². The smallest absolute Gasteiger partial charge is 0.338 e. The third-order valence-electron chi connectivity index (χ3n) is 3.35. The van der Waals surface area contributed by atoms with Gasteiger partial charge < -0.3 is 20.1 Å². The predicted octanol–water partition coefficient (Wildman–Crippen LogP) is 2.66. The molecule has 1 heterocycles. The zero-order valence-electron chi connectivity index (χ0n) is 13.8. The van der Waals surface area contributed by atoms with Crippen LogP contribution in [-0.2, 0) is 9.53 Å². The molecule has 0 spiro atoms. The lowest BCUT2D eigenvalue weighted by Gasteiger charge is -2.28. The highest BCUT2D eigenvalue weighted by Gasteiger charge is 2.32. The number of benzene rings is 1. The lowest BCUT2D eigenvalue weighted by Crippen LogP contribution is -2.45. The van der Waals surface area contributed by atoms with Gasteiger partial charge in [0.2, 0.25) is 0 Å². The van der Waals surface area contributed by atoms with E-state index < -0.39 is 12.0 Å². The van der Waals surface area contributed by atoms with E-state index in [0.717, 1.165) is 11.3 Å². The third-order valence-corrected chi connectivity index (χ3v) is 3.35. The number of ether oxygens (including phenoxy) is 2. The number of urea groups is 1. The average molecular weight is 318 g/mol. The summed E-state index contributed by atoms with van der Waals surface area (Å²) in [6, 6.07) is 6.42. The van der Waals surface area contributed by atoms with Crippen LogP contribution in [0.25, 0.3) is 0 Å². The van der Waals surface area contributed by atoms with Gasteiger partial charge in [-0.3, -0.25) is 0 Å². The van der Waals surface area contributed by atoms with E-state index in [1.54, 1.807) is 13.8 Å². The van der Waals surface area contributed by atoms with Gasteiger partial charge in [-0.1, -0.05) is 12.1 Å². The minimum absolute atomic E-state index is 0.0802. The number of carbonyl (C=O) groups is 2. The zero-order valence-corrected chi connectivity index (χ0v) is 13.8. The number of nitrogens with one attached hydrogen (secondary N) is 2. The molecule has 6 heteroatoms. The Bertz CT molecular complexity index is 620. The van der Waals surface area contributed by atoms with Gasteiger partial charge in [-0.25, -0.2) is 9.59 Å². The van der Waals surface area contributed by atoms with E-state index in [1.807, 2.05) is 38.1 Å². The number of amides is 2. The first-order valence-corrected chi connectivity index (χ1v) is 7.64. The fraction of sp³-hybridized carbons (Fsp3) is 0.412. The molecule has 0 aliphatic carbocycles. The van der Waals surface area contributed by atoms with Crippen molar-refractivity contribution in [2.24, 2.45) is 0 Å². The molecule has 0 unspecified atom stereocenters. The Morgan fingerprint density at radius 3 is 2.48 bits per heavy atom. The van der Waals surface area contributed by atoms with E-state index in [4.69, 9.17) is 9.47 Å². The van der Waals surface area contributed by atoms with Crippen LogP contribution in [0.5, 0.6) is 5.75 Å². The van der Waals surface area contributed by atoms with Crippen LogP contribution in [0.2, 0.25) is 0 Å².